The van der Waals surface area contributed by atoms with Gasteiger partial charge in [0.1, 0.15) is 0 Å². The van der Waals surface area contributed by atoms with Crippen molar-refractivity contribution in [3.63, 3.8) is 0 Å². The molecule has 0 saturated carbocycles. The number of fused-ring (bicyclic) bond motifs is 1. The maximum Gasteiger partial charge on any atom is 0.251 e. The second kappa shape index (κ2) is 8.33. The zero-order valence-electron chi connectivity index (χ0n) is 16.8. The van der Waals surface area contributed by atoms with Gasteiger partial charge in [0.15, 0.2) is 0 Å². The van der Waals surface area contributed by atoms with Gasteiger partial charge in [-0.3, -0.25) is 9.69 Å². The molecule has 2 aromatic carbocycles. The summed E-state index contributed by atoms with van der Waals surface area (Å²) in [6, 6.07) is 14.7. The van der Waals surface area contributed by atoms with Crippen LogP contribution in [0.1, 0.15) is 33.1 Å². The van der Waals surface area contributed by atoms with Gasteiger partial charge in [0.2, 0.25) is 0 Å². The highest BCUT2D eigenvalue weighted by Gasteiger charge is 2.25. The van der Waals surface area contributed by atoms with Gasteiger partial charge in [0.25, 0.3) is 5.91 Å². The molecule has 1 unspecified atom stereocenters. The number of nitrogens with zero attached hydrogens (tertiary/aromatic N) is 2. The van der Waals surface area contributed by atoms with Gasteiger partial charge in [-0.05, 0) is 42.2 Å². The summed E-state index contributed by atoms with van der Waals surface area (Å²) in [6.07, 6.45) is 1.09. The predicted octanol–water partition coefficient (Wildman–Crippen LogP) is 2.79. The minimum absolute atomic E-state index is 0.00254. The third-order valence-electron chi connectivity index (χ3n) is 5.95. The van der Waals surface area contributed by atoms with Crippen LogP contribution in [0, 0.1) is 6.92 Å². The van der Waals surface area contributed by atoms with Gasteiger partial charge < -0.3 is 15.0 Å². The average Bonchev–Trinajstić information content (AvgIpc) is 3.09. The van der Waals surface area contributed by atoms with Gasteiger partial charge in [0, 0.05) is 44.5 Å². The number of likely N-dealkylation sites (N-methyl/N-ethyl adjacent to an activating group) is 1. The highest BCUT2D eigenvalue weighted by molar-refractivity contribution is 5.95. The second-order valence-electron chi connectivity index (χ2n) is 7.75. The van der Waals surface area contributed by atoms with E-state index in [1.54, 1.807) is 0 Å². The van der Waals surface area contributed by atoms with Gasteiger partial charge >= 0.3 is 0 Å². The van der Waals surface area contributed by atoms with Crippen molar-refractivity contribution in [1.82, 2.24) is 10.2 Å². The van der Waals surface area contributed by atoms with Crippen molar-refractivity contribution < 1.29 is 9.53 Å². The van der Waals surface area contributed by atoms with Crippen molar-refractivity contribution in [3.8, 4) is 0 Å². The predicted molar refractivity (Wildman–Crippen MR) is 112 cm³/mol. The molecule has 1 amide bonds. The van der Waals surface area contributed by atoms with E-state index in [-0.39, 0.29) is 11.9 Å². The topological polar surface area (TPSA) is 44.8 Å². The third-order valence-corrected chi connectivity index (χ3v) is 5.95. The Hall–Kier alpha value is -2.37. The Morgan fingerprint density at radius 1 is 1.14 bits per heavy atom. The Kier molecular flexibility index (Phi) is 5.64. The summed E-state index contributed by atoms with van der Waals surface area (Å²) in [5, 5.41) is 3.18. The summed E-state index contributed by atoms with van der Waals surface area (Å²) in [6.45, 7) is 6.92. The molecule has 148 valence electrons. The summed E-state index contributed by atoms with van der Waals surface area (Å²) >= 11 is 0. The molecule has 5 nitrogen and oxygen atoms in total. The number of carbonyl (C=O) groups excluding carboxylic acids is 1. The quantitative estimate of drug-likeness (QED) is 0.868. The molecule has 0 bridgehead atoms. The largest absolute Gasteiger partial charge is 0.379 e. The number of rotatable bonds is 5. The van der Waals surface area contributed by atoms with E-state index in [1.807, 2.05) is 31.2 Å². The van der Waals surface area contributed by atoms with Gasteiger partial charge in [0.05, 0.1) is 19.3 Å². The van der Waals surface area contributed by atoms with Gasteiger partial charge in [-0.15, -0.1) is 0 Å². The number of nitrogens with one attached hydrogen (secondary N) is 1. The third kappa shape index (κ3) is 3.91. The lowest BCUT2D eigenvalue weighted by atomic mass is 10.00. The first-order valence-corrected chi connectivity index (χ1v) is 10.1. The minimum Gasteiger partial charge on any atom is -0.379 e. The van der Waals surface area contributed by atoms with Crippen LogP contribution in [0.3, 0.4) is 0 Å². The number of aryl methyl sites for hydroxylation is 1. The second-order valence-corrected chi connectivity index (χ2v) is 7.75. The van der Waals surface area contributed by atoms with Crippen LogP contribution < -0.4 is 10.2 Å². The van der Waals surface area contributed by atoms with E-state index >= 15 is 0 Å². The van der Waals surface area contributed by atoms with E-state index in [0.717, 1.165) is 50.4 Å². The van der Waals surface area contributed by atoms with Crippen molar-refractivity contribution in [2.75, 3.05) is 51.3 Å². The van der Waals surface area contributed by atoms with Crippen LogP contribution in [-0.2, 0) is 11.2 Å². The molecule has 0 spiro atoms. The molecular weight excluding hydrogens is 350 g/mol. The minimum atomic E-state index is -0.00254. The number of amides is 1. The number of carbonyl (C=O) groups is 1. The fourth-order valence-electron chi connectivity index (χ4n) is 4.25. The SMILES string of the molecule is Cc1ccccc1C(=O)NCC(c1ccc2c(c1)CCN2C)N1CCOCC1. The molecule has 1 saturated heterocycles. The van der Waals surface area contributed by atoms with Crippen molar-refractivity contribution >= 4 is 11.6 Å². The fraction of sp³-hybridized carbons (Fsp3) is 0.435. The van der Waals surface area contributed by atoms with E-state index in [2.05, 4.69) is 40.4 Å². The Bertz CT molecular complexity index is 845. The zero-order chi connectivity index (χ0) is 19.5. The van der Waals surface area contributed by atoms with E-state index in [9.17, 15) is 4.79 Å². The molecule has 1 fully saturated rings. The molecule has 4 rings (SSSR count). The number of morpholine rings is 1. The Morgan fingerprint density at radius 2 is 1.93 bits per heavy atom. The molecule has 2 aliphatic rings. The molecule has 0 aromatic heterocycles. The normalized spacial score (nSPS) is 18.0. The fourth-order valence-corrected chi connectivity index (χ4v) is 4.25. The molecule has 28 heavy (non-hydrogen) atoms. The van der Waals surface area contributed by atoms with Crippen molar-refractivity contribution in [2.45, 2.75) is 19.4 Å². The maximum absolute atomic E-state index is 12.8. The molecule has 2 aromatic rings. The number of ether oxygens (including phenoxy) is 1. The van der Waals surface area contributed by atoms with Crippen LogP contribution in [0.15, 0.2) is 42.5 Å². The smallest absolute Gasteiger partial charge is 0.251 e. The molecular formula is C23H29N3O2. The Morgan fingerprint density at radius 3 is 2.71 bits per heavy atom. The van der Waals surface area contributed by atoms with Gasteiger partial charge in [-0.2, -0.15) is 0 Å². The summed E-state index contributed by atoms with van der Waals surface area (Å²) < 4.78 is 5.55. The van der Waals surface area contributed by atoms with Gasteiger partial charge in [-0.25, -0.2) is 0 Å². The van der Waals surface area contributed by atoms with Crippen molar-refractivity contribution in [2.24, 2.45) is 0 Å². The standard InChI is InChI=1S/C23H29N3O2/c1-17-5-3-4-6-20(17)23(27)24-16-22(26-11-13-28-14-12-26)18-7-8-21-19(15-18)9-10-25(21)2/h3-8,15,22H,9-14,16H2,1-2H3,(H,24,27). The lowest BCUT2D eigenvalue weighted by Gasteiger charge is -2.35. The van der Waals surface area contributed by atoms with Crippen LogP contribution in [-0.4, -0.2) is 57.2 Å². The summed E-state index contributed by atoms with van der Waals surface area (Å²) in [4.78, 5) is 17.5. The van der Waals surface area contributed by atoms with Crippen LogP contribution in [0.5, 0.6) is 0 Å². The van der Waals surface area contributed by atoms with E-state index < -0.39 is 0 Å². The van der Waals surface area contributed by atoms with E-state index in [1.165, 1.54) is 16.8 Å². The number of hydrogen-bond acceptors (Lipinski definition) is 4. The molecule has 2 aliphatic heterocycles. The van der Waals surface area contributed by atoms with Crippen LogP contribution in [0.4, 0.5) is 5.69 Å². The average molecular weight is 380 g/mol. The number of anilines is 1. The number of benzene rings is 2. The molecule has 5 heteroatoms. The Labute approximate surface area is 167 Å². The highest BCUT2D eigenvalue weighted by Crippen LogP contribution is 2.31. The first-order chi connectivity index (χ1) is 13.6. The highest BCUT2D eigenvalue weighted by atomic mass is 16.5. The van der Waals surface area contributed by atoms with E-state index in [4.69, 9.17) is 4.74 Å². The summed E-state index contributed by atoms with van der Waals surface area (Å²) in [5.41, 5.74) is 5.76. The monoisotopic (exact) mass is 379 g/mol. The maximum atomic E-state index is 12.8. The number of hydrogen-bond donors (Lipinski definition) is 1. The first-order valence-electron chi connectivity index (χ1n) is 10.1. The van der Waals surface area contributed by atoms with E-state index in [0.29, 0.717) is 6.54 Å². The molecule has 2 heterocycles. The van der Waals surface area contributed by atoms with Crippen LogP contribution in [0.2, 0.25) is 0 Å². The molecule has 0 radical (unpaired) electrons. The molecule has 0 aliphatic carbocycles. The lowest BCUT2D eigenvalue weighted by Crippen LogP contribution is -2.44. The van der Waals surface area contributed by atoms with Crippen molar-refractivity contribution in [3.05, 3.63) is 64.7 Å². The molecule has 1 atom stereocenters. The Balaban J connectivity index is 1.54. The van der Waals surface area contributed by atoms with Crippen LogP contribution >= 0.6 is 0 Å². The zero-order valence-corrected chi connectivity index (χ0v) is 16.8. The van der Waals surface area contributed by atoms with Gasteiger partial charge in [-0.1, -0.05) is 30.3 Å². The lowest BCUT2D eigenvalue weighted by molar-refractivity contribution is 0.0162. The first kappa shape index (κ1) is 19.0. The summed E-state index contributed by atoms with van der Waals surface area (Å²) in [7, 11) is 2.15. The summed E-state index contributed by atoms with van der Waals surface area (Å²) in [5.74, 6) is -0.00254. The molecule has 1 N–H and O–H groups in total. The van der Waals surface area contributed by atoms with Crippen molar-refractivity contribution in [1.29, 1.82) is 0 Å². The van der Waals surface area contributed by atoms with Crippen LogP contribution in [0.25, 0.3) is 0 Å².